The highest BCUT2D eigenvalue weighted by Gasteiger charge is 2.34. The van der Waals surface area contributed by atoms with Crippen molar-refractivity contribution in [3.63, 3.8) is 0 Å². The van der Waals surface area contributed by atoms with Crippen LogP contribution in [0.2, 0.25) is 0 Å². The fourth-order valence-electron chi connectivity index (χ4n) is 3.10. The van der Waals surface area contributed by atoms with Crippen LogP contribution < -0.4 is 5.32 Å². The Morgan fingerprint density at radius 3 is 2.31 bits per heavy atom. The lowest BCUT2D eigenvalue weighted by Gasteiger charge is -2.40. The number of hydrogen-bond acceptors (Lipinski definition) is 1. The van der Waals surface area contributed by atoms with Crippen LogP contribution in [0.1, 0.15) is 44.6 Å². The van der Waals surface area contributed by atoms with Crippen molar-refractivity contribution < 1.29 is 0 Å². The summed E-state index contributed by atoms with van der Waals surface area (Å²) < 4.78 is 0. The topological polar surface area (TPSA) is 12.0 Å². The molecule has 0 aromatic heterocycles. The first-order chi connectivity index (χ1) is 7.80. The Morgan fingerprint density at radius 2 is 1.81 bits per heavy atom. The molecule has 1 aliphatic carbocycles. The molecule has 1 heteroatoms. The second-order valence-electron chi connectivity index (χ2n) is 5.06. The Kier molecular flexibility index (Phi) is 3.65. The Morgan fingerprint density at radius 1 is 1.19 bits per heavy atom. The van der Waals surface area contributed by atoms with Crippen LogP contribution in [0, 0.1) is 0 Å². The quantitative estimate of drug-likeness (QED) is 0.817. The molecule has 0 amide bonds. The van der Waals surface area contributed by atoms with Gasteiger partial charge in [-0.15, -0.1) is 0 Å². The minimum atomic E-state index is 0.453. The van der Waals surface area contributed by atoms with Crippen LogP contribution in [0.15, 0.2) is 30.3 Å². The van der Waals surface area contributed by atoms with Crippen LogP contribution in [-0.4, -0.2) is 13.1 Å². The summed E-state index contributed by atoms with van der Waals surface area (Å²) in [6.45, 7) is 2.34. The van der Waals surface area contributed by atoms with Gasteiger partial charge >= 0.3 is 0 Å². The lowest BCUT2D eigenvalue weighted by atomic mass is 9.67. The van der Waals surface area contributed by atoms with Gasteiger partial charge in [0, 0.05) is 6.04 Å². The molecule has 0 unspecified atom stereocenters. The van der Waals surface area contributed by atoms with Crippen LogP contribution in [0.3, 0.4) is 0 Å². The van der Waals surface area contributed by atoms with E-state index in [-0.39, 0.29) is 0 Å². The van der Waals surface area contributed by atoms with E-state index in [0.29, 0.717) is 5.41 Å². The van der Waals surface area contributed by atoms with Gasteiger partial charge in [0.05, 0.1) is 0 Å². The molecule has 0 atom stereocenters. The molecule has 1 aliphatic rings. The zero-order chi connectivity index (χ0) is 11.4. The Balaban J connectivity index is 2.16. The summed E-state index contributed by atoms with van der Waals surface area (Å²) >= 11 is 0. The van der Waals surface area contributed by atoms with E-state index in [1.54, 1.807) is 5.56 Å². The van der Waals surface area contributed by atoms with Gasteiger partial charge in [0.25, 0.3) is 0 Å². The first-order valence-electron chi connectivity index (χ1n) is 6.53. The van der Waals surface area contributed by atoms with Crippen LogP contribution in [-0.2, 0) is 5.41 Å². The van der Waals surface area contributed by atoms with Crippen LogP contribution in [0.25, 0.3) is 0 Å². The molecule has 1 nitrogen and oxygen atoms in total. The van der Waals surface area contributed by atoms with E-state index in [2.05, 4.69) is 49.6 Å². The summed E-state index contributed by atoms with van der Waals surface area (Å²) in [4.78, 5) is 0. The third-order valence-corrected chi connectivity index (χ3v) is 4.41. The summed E-state index contributed by atoms with van der Waals surface area (Å²) in [6.07, 6.45) is 6.57. The van der Waals surface area contributed by atoms with Crippen molar-refractivity contribution in [3.8, 4) is 0 Å². The first-order valence-corrected chi connectivity index (χ1v) is 6.53. The zero-order valence-electron chi connectivity index (χ0n) is 10.5. The van der Waals surface area contributed by atoms with Gasteiger partial charge in [-0.25, -0.2) is 0 Å². The molecule has 0 bridgehead atoms. The highest BCUT2D eigenvalue weighted by atomic mass is 14.9. The second kappa shape index (κ2) is 5.01. The highest BCUT2D eigenvalue weighted by molar-refractivity contribution is 5.26. The van der Waals surface area contributed by atoms with E-state index < -0.39 is 0 Å². The van der Waals surface area contributed by atoms with Gasteiger partial charge in [-0.05, 0) is 50.1 Å². The predicted molar refractivity (Wildman–Crippen MR) is 69.7 cm³/mol. The number of nitrogens with one attached hydrogen (secondary N) is 1. The maximum Gasteiger partial charge on any atom is 0.00647 e. The summed E-state index contributed by atoms with van der Waals surface area (Å²) in [5.41, 5.74) is 2.00. The van der Waals surface area contributed by atoms with Gasteiger partial charge in [0.2, 0.25) is 0 Å². The molecule has 0 aliphatic heterocycles. The van der Waals surface area contributed by atoms with Crippen LogP contribution in [0.4, 0.5) is 0 Å². The van der Waals surface area contributed by atoms with E-state index in [0.717, 1.165) is 6.04 Å². The van der Waals surface area contributed by atoms with E-state index in [1.807, 2.05) is 0 Å². The molecule has 16 heavy (non-hydrogen) atoms. The fourth-order valence-corrected chi connectivity index (χ4v) is 3.10. The summed E-state index contributed by atoms with van der Waals surface area (Å²) in [5.74, 6) is 0. The van der Waals surface area contributed by atoms with Gasteiger partial charge in [-0.2, -0.15) is 0 Å². The molecule has 2 rings (SSSR count). The fraction of sp³-hybridized carbons (Fsp3) is 0.600. The molecule has 0 heterocycles. The predicted octanol–water partition coefficient (Wildman–Crippen LogP) is 3.50. The minimum Gasteiger partial charge on any atom is -0.317 e. The third kappa shape index (κ3) is 2.15. The standard InChI is InChI=1S/C15H23N/c1-3-15(13-7-5-4-6-8-13)11-9-14(16-2)10-12-15/h4-8,14,16H,3,9-12H2,1-2H3. The smallest absolute Gasteiger partial charge is 0.00647 e. The van der Waals surface area contributed by atoms with Crippen LogP contribution >= 0.6 is 0 Å². The lowest BCUT2D eigenvalue weighted by molar-refractivity contribution is 0.245. The molecule has 1 aromatic carbocycles. The van der Waals surface area contributed by atoms with Crippen molar-refractivity contribution in [1.29, 1.82) is 0 Å². The molecule has 88 valence electrons. The number of hydrogen-bond donors (Lipinski definition) is 1. The molecular formula is C15H23N. The highest BCUT2D eigenvalue weighted by Crippen LogP contribution is 2.41. The molecule has 0 spiro atoms. The normalized spacial score (nSPS) is 30.2. The maximum atomic E-state index is 3.42. The molecular weight excluding hydrogens is 194 g/mol. The van der Waals surface area contributed by atoms with Crippen molar-refractivity contribution in [2.75, 3.05) is 7.05 Å². The van der Waals surface area contributed by atoms with Crippen molar-refractivity contribution in [1.82, 2.24) is 5.32 Å². The van der Waals surface area contributed by atoms with E-state index in [1.165, 1.54) is 32.1 Å². The van der Waals surface area contributed by atoms with Crippen molar-refractivity contribution >= 4 is 0 Å². The largest absolute Gasteiger partial charge is 0.317 e. The van der Waals surface area contributed by atoms with Gasteiger partial charge < -0.3 is 5.32 Å². The van der Waals surface area contributed by atoms with Gasteiger partial charge in [0.1, 0.15) is 0 Å². The molecule has 1 aromatic rings. The Bertz CT molecular complexity index is 309. The molecule has 1 N–H and O–H groups in total. The van der Waals surface area contributed by atoms with Crippen molar-refractivity contribution in [2.45, 2.75) is 50.5 Å². The minimum absolute atomic E-state index is 0.453. The summed E-state index contributed by atoms with van der Waals surface area (Å²) in [6, 6.07) is 11.8. The third-order valence-electron chi connectivity index (χ3n) is 4.41. The summed E-state index contributed by atoms with van der Waals surface area (Å²) in [7, 11) is 2.09. The van der Waals surface area contributed by atoms with Gasteiger partial charge in [-0.1, -0.05) is 37.3 Å². The average Bonchev–Trinajstić information content (AvgIpc) is 2.40. The first kappa shape index (κ1) is 11.7. The van der Waals surface area contributed by atoms with Crippen molar-refractivity contribution in [2.24, 2.45) is 0 Å². The van der Waals surface area contributed by atoms with Gasteiger partial charge in [-0.3, -0.25) is 0 Å². The van der Waals surface area contributed by atoms with E-state index >= 15 is 0 Å². The van der Waals surface area contributed by atoms with E-state index in [9.17, 15) is 0 Å². The Labute approximate surface area is 99.3 Å². The van der Waals surface area contributed by atoms with Crippen molar-refractivity contribution in [3.05, 3.63) is 35.9 Å². The molecule has 0 saturated heterocycles. The number of rotatable bonds is 3. The van der Waals surface area contributed by atoms with Gasteiger partial charge in [0.15, 0.2) is 0 Å². The molecule has 1 fully saturated rings. The molecule has 1 saturated carbocycles. The zero-order valence-corrected chi connectivity index (χ0v) is 10.5. The summed E-state index contributed by atoms with van der Waals surface area (Å²) in [5, 5.41) is 3.42. The number of benzene rings is 1. The second-order valence-corrected chi connectivity index (χ2v) is 5.06. The average molecular weight is 217 g/mol. The SMILES string of the molecule is CCC1(c2ccccc2)CCC(NC)CC1. The van der Waals surface area contributed by atoms with E-state index in [4.69, 9.17) is 0 Å². The lowest BCUT2D eigenvalue weighted by Crippen LogP contribution is -2.38. The Hall–Kier alpha value is -0.820. The maximum absolute atomic E-state index is 3.42. The monoisotopic (exact) mass is 217 g/mol. The van der Waals surface area contributed by atoms with Crippen LogP contribution in [0.5, 0.6) is 0 Å². The molecule has 0 radical (unpaired) electrons.